The molecule has 0 saturated carbocycles. The molecule has 0 bridgehead atoms. The summed E-state index contributed by atoms with van der Waals surface area (Å²) in [7, 11) is 0. The molecule has 0 spiro atoms. The van der Waals surface area contributed by atoms with Gasteiger partial charge in [-0.05, 0) is 0 Å². The SMILES string of the molecule is Fc1c(F)c(F)c([As+](F)(F)F)c(C(F)(F)C(F)(F)C(F)(F)F)c1F. The second-order valence-corrected chi connectivity index (χ2v) is 6.88. The van der Waals surface area contributed by atoms with Crippen molar-refractivity contribution in [3.63, 3.8) is 0 Å². The van der Waals surface area contributed by atoms with Crippen molar-refractivity contribution in [2.45, 2.75) is 18.0 Å². The fourth-order valence-corrected chi connectivity index (χ4v) is 3.19. The normalized spacial score (nSPS) is 14.2. The second-order valence-electron chi connectivity index (χ2n) is 4.07. The van der Waals surface area contributed by atoms with Crippen LogP contribution >= 0.6 is 0 Å². The molecule has 0 heterocycles. The zero-order valence-electron chi connectivity index (χ0n) is 10.2. The first-order valence-corrected chi connectivity index (χ1v) is 8.13. The van der Waals surface area contributed by atoms with Crippen LogP contribution in [0.25, 0.3) is 0 Å². The van der Waals surface area contributed by atoms with Crippen LogP contribution in [-0.4, -0.2) is 27.1 Å². The molecule has 0 aliphatic rings. The van der Waals surface area contributed by atoms with Gasteiger partial charge in [0.05, 0.1) is 0 Å². The van der Waals surface area contributed by atoms with Gasteiger partial charge in [-0.2, -0.15) is 0 Å². The molecule has 0 aromatic heterocycles. The van der Waals surface area contributed by atoms with E-state index >= 15 is 0 Å². The van der Waals surface area contributed by atoms with Crippen LogP contribution in [0.4, 0.5) is 58.7 Å². The third-order valence-electron chi connectivity index (χ3n) is 2.56. The maximum atomic E-state index is 13.3. The average Bonchev–Trinajstić information content (AvgIpc) is 2.36. The number of alkyl halides is 7. The Hall–Kier alpha value is -1.20. The molecule has 0 radical (unpaired) electrons. The van der Waals surface area contributed by atoms with Crippen molar-refractivity contribution < 1.29 is 58.7 Å². The molecule has 1 aromatic carbocycles. The summed E-state index contributed by atoms with van der Waals surface area (Å²) in [5.41, 5.74) is -3.93. The Morgan fingerprint density at radius 2 is 0.958 bits per heavy atom. The van der Waals surface area contributed by atoms with Gasteiger partial charge in [-0.3, -0.25) is 0 Å². The van der Waals surface area contributed by atoms with Gasteiger partial charge in [-0.25, -0.2) is 0 Å². The Bertz CT molecular complexity index is 654. The van der Waals surface area contributed by atoms with Gasteiger partial charge in [-0.15, -0.1) is 0 Å². The van der Waals surface area contributed by atoms with E-state index in [1.807, 2.05) is 0 Å². The molecule has 15 heteroatoms. The quantitative estimate of drug-likeness (QED) is 0.274. The van der Waals surface area contributed by atoms with Gasteiger partial charge in [0.2, 0.25) is 0 Å². The zero-order valence-corrected chi connectivity index (χ0v) is 12.1. The topological polar surface area (TPSA) is 0 Å². The number of halogens is 14. The summed E-state index contributed by atoms with van der Waals surface area (Å²) in [4.78, 5) is 0. The first-order valence-electron chi connectivity index (χ1n) is 5.06. The Morgan fingerprint density at radius 3 is 1.29 bits per heavy atom. The van der Waals surface area contributed by atoms with Crippen molar-refractivity contribution in [1.82, 2.24) is 0 Å². The predicted octanol–water partition coefficient (Wildman–Crippen LogP) is 4.59. The van der Waals surface area contributed by atoms with E-state index in [0.717, 1.165) is 0 Å². The summed E-state index contributed by atoms with van der Waals surface area (Å²) in [5.74, 6) is -28.3. The number of hydrogen-bond donors (Lipinski definition) is 0. The molecule has 0 amide bonds. The molecule has 0 fully saturated rings. The standard InChI is InChI=1S/C9AsF14/c11-3-1(7(15,16)8(17,18)9(19,20)21)2(10(22,23)24)4(12)6(14)5(3)13/q+1. The molecule has 1 aromatic rings. The van der Waals surface area contributed by atoms with Gasteiger partial charge < -0.3 is 0 Å². The van der Waals surface area contributed by atoms with E-state index < -0.39 is 66.2 Å². The molecule has 0 unspecified atom stereocenters. The van der Waals surface area contributed by atoms with Crippen molar-refractivity contribution >= 4 is 19.3 Å². The zero-order chi connectivity index (χ0) is 19.5. The summed E-state index contributed by atoms with van der Waals surface area (Å²) in [6.07, 6.45) is -7.21. The summed E-state index contributed by atoms with van der Waals surface area (Å²) < 4.78 is 174. The van der Waals surface area contributed by atoms with Crippen LogP contribution in [0.2, 0.25) is 0 Å². The van der Waals surface area contributed by atoms with Crippen LogP contribution in [0.1, 0.15) is 5.56 Å². The van der Waals surface area contributed by atoms with Crippen LogP contribution in [0, 0.1) is 23.3 Å². The summed E-state index contributed by atoms with van der Waals surface area (Å²) in [6.45, 7) is 0. The van der Waals surface area contributed by atoms with Gasteiger partial charge >= 0.3 is 125 Å². The van der Waals surface area contributed by atoms with Crippen LogP contribution < -0.4 is 4.35 Å². The molecule has 0 nitrogen and oxygen atoms in total. The third kappa shape index (κ3) is 2.92. The van der Waals surface area contributed by atoms with Gasteiger partial charge in [0, 0.05) is 0 Å². The number of benzene rings is 1. The van der Waals surface area contributed by atoms with Gasteiger partial charge in [0.15, 0.2) is 0 Å². The molecule has 0 aliphatic heterocycles. The molecule has 0 N–H and O–H groups in total. The molecule has 0 aliphatic carbocycles. The van der Waals surface area contributed by atoms with Crippen molar-refractivity contribution in [3.8, 4) is 0 Å². The van der Waals surface area contributed by atoms with E-state index in [1.54, 1.807) is 0 Å². The Labute approximate surface area is 126 Å². The van der Waals surface area contributed by atoms with E-state index in [4.69, 9.17) is 0 Å². The van der Waals surface area contributed by atoms with Gasteiger partial charge in [0.1, 0.15) is 0 Å². The third-order valence-corrected chi connectivity index (χ3v) is 4.51. The average molecular weight is 449 g/mol. The molecule has 1 rings (SSSR count). The Kier molecular flexibility index (Phi) is 4.92. The molecular weight excluding hydrogens is 449 g/mol. The van der Waals surface area contributed by atoms with E-state index in [9.17, 15) is 58.7 Å². The fraction of sp³-hybridized carbons (Fsp3) is 0.333. The molecule has 0 atom stereocenters. The minimum absolute atomic E-state index is 3.28. The van der Waals surface area contributed by atoms with Crippen LogP contribution in [0.3, 0.4) is 0 Å². The van der Waals surface area contributed by atoms with Crippen LogP contribution in [-0.2, 0) is 5.92 Å². The summed E-state index contributed by atoms with van der Waals surface area (Å²) in [6, 6.07) is 0. The molecule has 24 heavy (non-hydrogen) atoms. The van der Waals surface area contributed by atoms with Gasteiger partial charge in [-0.1, -0.05) is 0 Å². The van der Waals surface area contributed by atoms with Crippen LogP contribution in [0.15, 0.2) is 0 Å². The van der Waals surface area contributed by atoms with E-state index in [-0.39, 0.29) is 0 Å². The van der Waals surface area contributed by atoms with Crippen molar-refractivity contribution in [3.05, 3.63) is 28.8 Å². The fourth-order valence-electron chi connectivity index (χ4n) is 1.48. The van der Waals surface area contributed by atoms with Gasteiger partial charge in [0.25, 0.3) is 0 Å². The van der Waals surface area contributed by atoms with E-state index in [1.165, 1.54) is 0 Å². The first-order chi connectivity index (χ1) is 10.4. The molecule has 0 saturated heterocycles. The summed E-state index contributed by atoms with van der Waals surface area (Å²) >= 11 is -8.54. The van der Waals surface area contributed by atoms with Crippen molar-refractivity contribution in [1.29, 1.82) is 0 Å². The molecule has 138 valence electrons. The summed E-state index contributed by atoms with van der Waals surface area (Å²) in [5, 5.41) is 0. The number of rotatable bonds is 3. The van der Waals surface area contributed by atoms with Crippen molar-refractivity contribution in [2.75, 3.05) is 0 Å². The van der Waals surface area contributed by atoms with E-state index in [2.05, 4.69) is 0 Å². The first kappa shape index (κ1) is 20.8. The second kappa shape index (κ2) is 5.66. The predicted molar refractivity (Wildman–Crippen MR) is 49.9 cm³/mol. The van der Waals surface area contributed by atoms with Crippen molar-refractivity contribution in [2.24, 2.45) is 0 Å². The van der Waals surface area contributed by atoms with E-state index in [0.29, 0.717) is 0 Å². The van der Waals surface area contributed by atoms with Crippen LogP contribution in [0.5, 0.6) is 0 Å². The minimum atomic E-state index is -8.54. The Morgan fingerprint density at radius 1 is 0.583 bits per heavy atom. The number of hydrogen-bond acceptors (Lipinski definition) is 0. The Balaban J connectivity index is 4.02. The molecular formula is C9AsF14+. The monoisotopic (exact) mass is 449 g/mol. The maximum absolute atomic E-state index is 13.3.